The summed E-state index contributed by atoms with van der Waals surface area (Å²) >= 11 is 0. The first-order valence-corrected chi connectivity index (χ1v) is 2.35. The third-order valence-electron chi connectivity index (χ3n) is 0. The van der Waals surface area contributed by atoms with Crippen molar-refractivity contribution in [3.63, 3.8) is 0 Å². The van der Waals surface area contributed by atoms with Crippen molar-refractivity contribution < 1.29 is 94.4 Å². The fraction of sp³-hybridized carbons (Fsp3) is 0. The molecule has 0 saturated heterocycles. The van der Waals surface area contributed by atoms with Crippen molar-refractivity contribution in [2.75, 3.05) is 0 Å². The normalized spacial score (nSPS) is 8.43. The second kappa shape index (κ2) is 6.60. The summed E-state index contributed by atoms with van der Waals surface area (Å²) in [7, 11) is -4.64. The monoisotopic (exact) mass is 335 g/mol. The van der Waals surface area contributed by atoms with Crippen LogP contribution < -0.4 is 51.4 Å². The van der Waals surface area contributed by atoms with E-state index in [4.69, 9.17) is 19.2 Å². The zero-order valence-electron chi connectivity index (χ0n) is 4.50. The van der Waals surface area contributed by atoms with Gasteiger partial charge in [-0.15, -0.1) is 0 Å². The molecular weight excluding hydrogens is 331 g/mol. The number of hydrogen-bond acceptors (Lipinski definition) is 1. The van der Waals surface area contributed by atoms with Gasteiger partial charge >= 0.3 is 59.2 Å². The average molecular weight is 335 g/mol. The Morgan fingerprint density at radius 1 is 1.29 bits per heavy atom. The molecule has 0 aliphatic carbocycles. The van der Waals surface area contributed by atoms with E-state index < -0.39 is 7.82 Å². The van der Waals surface area contributed by atoms with Gasteiger partial charge < -0.3 is 16.1 Å². The molecule has 7 heteroatoms. The summed E-state index contributed by atoms with van der Waals surface area (Å²) in [6, 6.07) is 0. The van der Waals surface area contributed by atoms with Gasteiger partial charge in [0.1, 0.15) is 0 Å². The van der Waals surface area contributed by atoms with Crippen LogP contribution in [0.2, 0.25) is 0 Å². The zero-order chi connectivity index (χ0) is 4.50. The Kier molecular flexibility index (Phi) is 15.3. The first-order chi connectivity index (χ1) is 2.00. The molecule has 1 radical (unpaired) electrons. The van der Waals surface area contributed by atoms with Gasteiger partial charge in [-0.05, 0) is 0 Å². The predicted octanol–water partition coefficient (Wildman–Crippen LogP) is -3.81. The van der Waals surface area contributed by atoms with Crippen molar-refractivity contribution in [1.29, 1.82) is 0 Å². The van der Waals surface area contributed by atoms with Crippen LogP contribution in [-0.4, -0.2) is 14.7 Å². The third-order valence-corrected chi connectivity index (χ3v) is 0. The van der Waals surface area contributed by atoms with Crippen molar-refractivity contribution in [1.82, 2.24) is 0 Å². The van der Waals surface area contributed by atoms with Crippen LogP contribution in [0.15, 0.2) is 0 Å². The Morgan fingerprint density at radius 2 is 1.29 bits per heavy atom. The minimum Gasteiger partial charge on any atom is -1.00 e. The van der Waals surface area contributed by atoms with Crippen LogP contribution in [0.3, 0.4) is 0 Å². The van der Waals surface area contributed by atoms with Crippen LogP contribution in [0.5, 0.6) is 0 Å². The molecule has 0 aliphatic rings. The standard InChI is InChI=1S/Au.K.H3O4P.H/c;;1-5(2,3)4;/h;;(H3,1,2,3,4);/q;+1;;-1. The molecule has 0 spiro atoms. The number of phosphoric acid groups is 1. The summed E-state index contributed by atoms with van der Waals surface area (Å²) in [5.41, 5.74) is 0. The van der Waals surface area contributed by atoms with Gasteiger partial charge in [-0.2, -0.15) is 0 Å². The molecule has 0 rings (SSSR count). The van der Waals surface area contributed by atoms with Crippen LogP contribution in [0.25, 0.3) is 0 Å². The van der Waals surface area contributed by atoms with E-state index in [1.54, 1.807) is 0 Å². The average Bonchev–Trinajstić information content (AvgIpc) is 0.722. The second-order valence-electron chi connectivity index (χ2n) is 0.513. The molecule has 0 aliphatic heterocycles. The Bertz CT molecular complexity index is 62.2. The Labute approximate surface area is 100 Å². The van der Waals surface area contributed by atoms with E-state index in [2.05, 4.69) is 0 Å². The van der Waals surface area contributed by atoms with Gasteiger partial charge in [-0.1, -0.05) is 0 Å². The van der Waals surface area contributed by atoms with Crippen molar-refractivity contribution >= 4 is 7.82 Å². The molecule has 0 bridgehead atoms. The van der Waals surface area contributed by atoms with Crippen LogP contribution in [0.1, 0.15) is 1.43 Å². The Morgan fingerprint density at radius 3 is 1.29 bits per heavy atom. The van der Waals surface area contributed by atoms with Crippen LogP contribution in [-0.2, 0) is 26.9 Å². The maximum atomic E-state index is 8.88. The fourth-order valence-electron chi connectivity index (χ4n) is 0. The third kappa shape index (κ3) is 57.8. The molecule has 0 heterocycles. The molecule has 0 aromatic rings. The van der Waals surface area contributed by atoms with Crippen molar-refractivity contribution in [2.45, 2.75) is 0 Å². The van der Waals surface area contributed by atoms with Gasteiger partial charge in [0.05, 0.1) is 0 Å². The van der Waals surface area contributed by atoms with E-state index >= 15 is 0 Å². The molecule has 0 unspecified atom stereocenters. The van der Waals surface area contributed by atoms with Gasteiger partial charge in [-0.3, -0.25) is 0 Å². The minimum absolute atomic E-state index is 0. The molecule has 0 saturated carbocycles. The van der Waals surface area contributed by atoms with Crippen molar-refractivity contribution in [3.8, 4) is 0 Å². The zero-order valence-corrected chi connectivity index (χ0v) is 9.68. The van der Waals surface area contributed by atoms with E-state index in [0.29, 0.717) is 0 Å². The smallest absolute Gasteiger partial charge is 1.00 e. The first kappa shape index (κ1) is 16.2. The Hall–Kier alpha value is 2.49. The van der Waals surface area contributed by atoms with Gasteiger partial charge in [0.25, 0.3) is 0 Å². The van der Waals surface area contributed by atoms with E-state index in [1.165, 1.54) is 0 Å². The SMILES string of the molecule is O=P(O)(O)O.[Au].[H-].[K+]. The van der Waals surface area contributed by atoms with Crippen molar-refractivity contribution in [2.24, 2.45) is 0 Å². The first-order valence-electron chi connectivity index (χ1n) is 0.783. The summed E-state index contributed by atoms with van der Waals surface area (Å²) in [4.78, 5) is 21.6. The molecular formula is H4AuKO4P. The van der Waals surface area contributed by atoms with Gasteiger partial charge in [0.2, 0.25) is 0 Å². The van der Waals surface area contributed by atoms with E-state index in [0.717, 1.165) is 0 Å². The second-order valence-corrected chi connectivity index (χ2v) is 1.54. The van der Waals surface area contributed by atoms with E-state index in [9.17, 15) is 0 Å². The van der Waals surface area contributed by atoms with Gasteiger partial charge in [-0.25, -0.2) is 4.57 Å². The number of hydrogen-bond donors (Lipinski definition) is 3. The Balaban J connectivity index is -0.0000000267. The van der Waals surface area contributed by atoms with Crippen LogP contribution in [0.4, 0.5) is 0 Å². The van der Waals surface area contributed by atoms with Crippen molar-refractivity contribution in [3.05, 3.63) is 0 Å². The maximum Gasteiger partial charge on any atom is 1.00 e. The largest absolute Gasteiger partial charge is 1.00 e. The van der Waals surface area contributed by atoms with Gasteiger partial charge in [0, 0.05) is 22.4 Å². The quantitative estimate of drug-likeness (QED) is 0.313. The van der Waals surface area contributed by atoms with E-state index in [-0.39, 0.29) is 75.2 Å². The molecule has 0 atom stereocenters. The molecule has 3 N–H and O–H groups in total. The maximum absolute atomic E-state index is 8.88. The molecule has 0 aromatic carbocycles. The molecule has 7 heavy (non-hydrogen) atoms. The summed E-state index contributed by atoms with van der Waals surface area (Å²) in [6.07, 6.45) is 0. The summed E-state index contributed by atoms with van der Waals surface area (Å²) in [6.45, 7) is 0. The van der Waals surface area contributed by atoms with Crippen LogP contribution in [0, 0.1) is 0 Å². The van der Waals surface area contributed by atoms with Gasteiger partial charge in [0.15, 0.2) is 0 Å². The molecule has 0 aromatic heterocycles. The molecule has 45 valence electrons. The molecule has 4 nitrogen and oxygen atoms in total. The summed E-state index contributed by atoms with van der Waals surface area (Å²) in [5.74, 6) is 0. The minimum atomic E-state index is -4.64. The molecule has 0 amide bonds. The summed E-state index contributed by atoms with van der Waals surface area (Å²) < 4.78 is 8.88. The number of rotatable bonds is 0. The summed E-state index contributed by atoms with van der Waals surface area (Å²) in [5, 5.41) is 0. The molecule has 0 fully saturated rings. The van der Waals surface area contributed by atoms with Crippen LogP contribution >= 0.6 is 7.82 Å². The topological polar surface area (TPSA) is 77.8 Å². The fourth-order valence-corrected chi connectivity index (χ4v) is 0. The predicted molar refractivity (Wildman–Crippen MR) is 15.4 cm³/mol. The van der Waals surface area contributed by atoms with E-state index in [1.807, 2.05) is 0 Å².